The SMILES string of the molecule is C=CN(c1cncc(Cl)n1)c1ccc(C#N)cc1C. The Morgan fingerprint density at radius 1 is 1.42 bits per heavy atom. The van der Waals surface area contributed by atoms with Gasteiger partial charge in [0, 0.05) is 11.9 Å². The number of hydrogen-bond acceptors (Lipinski definition) is 4. The van der Waals surface area contributed by atoms with Crippen molar-refractivity contribution in [2.45, 2.75) is 6.92 Å². The van der Waals surface area contributed by atoms with E-state index in [9.17, 15) is 0 Å². The Labute approximate surface area is 116 Å². The Balaban J connectivity index is 2.49. The van der Waals surface area contributed by atoms with Gasteiger partial charge in [0.15, 0.2) is 5.82 Å². The first-order valence-electron chi connectivity index (χ1n) is 5.56. The van der Waals surface area contributed by atoms with Crippen LogP contribution in [0.25, 0.3) is 0 Å². The van der Waals surface area contributed by atoms with Crippen LogP contribution in [0.2, 0.25) is 5.15 Å². The van der Waals surface area contributed by atoms with E-state index in [0.29, 0.717) is 16.5 Å². The second kappa shape index (κ2) is 5.51. The molecule has 1 aromatic carbocycles. The second-order valence-electron chi connectivity index (χ2n) is 3.87. The molecular weight excluding hydrogens is 260 g/mol. The third-order valence-electron chi connectivity index (χ3n) is 2.61. The third-order valence-corrected chi connectivity index (χ3v) is 2.79. The lowest BCUT2D eigenvalue weighted by Gasteiger charge is -2.21. The number of aromatic nitrogens is 2. The molecule has 1 heterocycles. The summed E-state index contributed by atoms with van der Waals surface area (Å²) >= 11 is 5.84. The van der Waals surface area contributed by atoms with Gasteiger partial charge in [-0.2, -0.15) is 5.26 Å². The minimum atomic E-state index is 0.315. The van der Waals surface area contributed by atoms with Gasteiger partial charge in [0.25, 0.3) is 0 Å². The highest BCUT2D eigenvalue weighted by atomic mass is 35.5. The van der Waals surface area contributed by atoms with E-state index >= 15 is 0 Å². The normalized spacial score (nSPS) is 9.74. The number of nitriles is 1. The average molecular weight is 271 g/mol. The van der Waals surface area contributed by atoms with Crippen LogP contribution in [0, 0.1) is 18.3 Å². The lowest BCUT2D eigenvalue weighted by molar-refractivity contribution is 1.11. The van der Waals surface area contributed by atoms with Gasteiger partial charge in [-0.15, -0.1) is 0 Å². The van der Waals surface area contributed by atoms with Crippen molar-refractivity contribution < 1.29 is 0 Å². The summed E-state index contributed by atoms with van der Waals surface area (Å²) in [4.78, 5) is 9.98. The summed E-state index contributed by atoms with van der Waals surface area (Å²) in [5.41, 5.74) is 2.44. The summed E-state index contributed by atoms with van der Waals surface area (Å²) in [6.07, 6.45) is 4.71. The molecular formula is C14H11ClN4. The molecule has 0 unspecified atom stereocenters. The molecule has 0 aliphatic carbocycles. The van der Waals surface area contributed by atoms with Crippen molar-refractivity contribution in [3.05, 3.63) is 59.7 Å². The minimum Gasteiger partial charge on any atom is -0.301 e. The standard InChI is InChI=1S/C14H11ClN4/c1-3-19(14-9-17-8-13(15)18-14)12-5-4-11(7-16)6-10(12)2/h3-6,8-9H,1H2,2H3. The highest BCUT2D eigenvalue weighted by Gasteiger charge is 2.11. The molecule has 0 saturated heterocycles. The molecule has 0 spiro atoms. The molecule has 4 nitrogen and oxygen atoms in total. The Kier molecular flexibility index (Phi) is 3.79. The quantitative estimate of drug-likeness (QED) is 0.855. The number of halogens is 1. The van der Waals surface area contributed by atoms with Crippen LogP contribution in [0.3, 0.4) is 0 Å². The number of rotatable bonds is 3. The molecule has 0 aliphatic rings. The van der Waals surface area contributed by atoms with E-state index in [4.69, 9.17) is 16.9 Å². The number of anilines is 2. The molecule has 0 saturated carbocycles. The van der Waals surface area contributed by atoms with Crippen LogP contribution in [0.1, 0.15) is 11.1 Å². The Bertz CT molecular complexity index is 661. The van der Waals surface area contributed by atoms with Crippen LogP contribution in [0.5, 0.6) is 0 Å². The summed E-state index contributed by atoms with van der Waals surface area (Å²) in [5, 5.41) is 9.19. The lowest BCUT2D eigenvalue weighted by atomic mass is 10.1. The first-order chi connectivity index (χ1) is 9.15. The highest BCUT2D eigenvalue weighted by Crippen LogP contribution is 2.28. The van der Waals surface area contributed by atoms with Gasteiger partial charge in [-0.3, -0.25) is 4.98 Å². The number of benzene rings is 1. The molecule has 0 fully saturated rings. The van der Waals surface area contributed by atoms with Gasteiger partial charge in [0.2, 0.25) is 0 Å². The molecule has 94 valence electrons. The van der Waals surface area contributed by atoms with Crippen molar-refractivity contribution in [2.24, 2.45) is 0 Å². The first-order valence-corrected chi connectivity index (χ1v) is 5.93. The van der Waals surface area contributed by atoms with E-state index in [1.165, 1.54) is 6.20 Å². The maximum absolute atomic E-state index is 8.88. The van der Waals surface area contributed by atoms with Crippen LogP contribution in [-0.2, 0) is 0 Å². The predicted octanol–water partition coefficient (Wildman–Crippen LogP) is 3.59. The van der Waals surface area contributed by atoms with Crippen molar-refractivity contribution in [3.8, 4) is 6.07 Å². The second-order valence-corrected chi connectivity index (χ2v) is 4.25. The Morgan fingerprint density at radius 2 is 2.21 bits per heavy atom. The fraction of sp³-hybridized carbons (Fsp3) is 0.0714. The van der Waals surface area contributed by atoms with Crippen LogP contribution in [0.4, 0.5) is 11.5 Å². The molecule has 0 aliphatic heterocycles. The van der Waals surface area contributed by atoms with Crippen LogP contribution in [-0.4, -0.2) is 9.97 Å². The zero-order valence-corrected chi connectivity index (χ0v) is 11.1. The van der Waals surface area contributed by atoms with Crippen molar-refractivity contribution in [1.29, 1.82) is 5.26 Å². The summed E-state index contributed by atoms with van der Waals surface area (Å²) in [6.45, 7) is 5.70. The molecule has 5 heteroatoms. The molecule has 0 atom stereocenters. The molecule has 2 rings (SSSR count). The molecule has 19 heavy (non-hydrogen) atoms. The summed E-state index contributed by atoms with van der Waals surface area (Å²) in [7, 11) is 0. The van der Waals surface area contributed by atoms with E-state index in [0.717, 1.165) is 11.3 Å². The summed E-state index contributed by atoms with van der Waals surface area (Å²) in [5.74, 6) is 0.579. The maximum Gasteiger partial charge on any atom is 0.157 e. The van der Waals surface area contributed by atoms with Crippen molar-refractivity contribution in [2.75, 3.05) is 4.90 Å². The average Bonchev–Trinajstić information content (AvgIpc) is 2.41. The van der Waals surface area contributed by atoms with E-state index in [2.05, 4.69) is 22.6 Å². The fourth-order valence-corrected chi connectivity index (χ4v) is 1.90. The monoisotopic (exact) mass is 270 g/mol. The van der Waals surface area contributed by atoms with Gasteiger partial charge >= 0.3 is 0 Å². The largest absolute Gasteiger partial charge is 0.301 e. The predicted molar refractivity (Wildman–Crippen MR) is 75.3 cm³/mol. The van der Waals surface area contributed by atoms with Gasteiger partial charge in [-0.1, -0.05) is 18.2 Å². The van der Waals surface area contributed by atoms with Crippen LogP contribution < -0.4 is 4.90 Å². The molecule has 0 N–H and O–H groups in total. The van der Waals surface area contributed by atoms with Gasteiger partial charge < -0.3 is 4.90 Å². The minimum absolute atomic E-state index is 0.315. The van der Waals surface area contributed by atoms with E-state index < -0.39 is 0 Å². The van der Waals surface area contributed by atoms with Crippen molar-refractivity contribution in [1.82, 2.24) is 9.97 Å². The highest BCUT2D eigenvalue weighted by molar-refractivity contribution is 6.29. The fourth-order valence-electron chi connectivity index (χ4n) is 1.76. The van der Waals surface area contributed by atoms with Crippen LogP contribution >= 0.6 is 11.6 Å². The summed E-state index contributed by atoms with van der Waals surface area (Å²) < 4.78 is 0. The van der Waals surface area contributed by atoms with Crippen molar-refractivity contribution in [3.63, 3.8) is 0 Å². The number of aryl methyl sites for hydroxylation is 1. The molecule has 2 aromatic rings. The first kappa shape index (κ1) is 13.1. The van der Waals surface area contributed by atoms with Crippen molar-refractivity contribution >= 4 is 23.1 Å². The molecule has 0 radical (unpaired) electrons. The van der Waals surface area contributed by atoms with E-state index in [1.54, 1.807) is 23.4 Å². The zero-order chi connectivity index (χ0) is 13.8. The lowest BCUT2D eigenvalue weighted by Crippen LogP contribution is -2.11. The zero-order valence-electron chi connectivity index (χ0n) is 10.3. The summed E-state index contributed by atoms with van der Waals surface area (Å²) in [6, 6.07) is 7.51. The van der Waals surface area contributed by atoms with E-state index in [1.807, 2.05) is 19.1 Å². The van der Waals surface area contributed by atoms with Crippen LogP contribution in [0.15, 0.2) is 43.4 Å². The van der Waals surface area contributed by atoms with Gasteiger partial charge in [0.1, 0.15) is 5.15 Å². The smallest absolute Gasteiger partial charge is 0.157 e. The molecule has 1 aromatic heterocycles. The topological polar surface area (TPSA) is 52.8 Å². The molecule has 0 bridgehead atoms. The van der Waals surface area contributed by atoms with Gasteiger partial charge in [0.05, 0.1) is 24.0 Å². The van der Waals surface area contributed by atoms with E-state index in [-0.39, 0.29) is 0 Å². The number of hydrogen-bond donors (Lipinski definition) is 0. The number of nitrogens with zero attached hydrogens (tertiary/aromatic N) is 4. The Morgan fingerprint density at radius 3 is 2.79 bits per heavy atom. The van der Waals surface area contributed by atoms with Gasteiger partial charge in [-0.05, 0) is 30.7 Å². The molecule has 0 amide bonds. The Hall–Kier alpha value is -2.38. The van der Waals surface area contributed by atoms with Gasteiger partial charge in [-0.25, -0.2) is 4.98 Å². The maximum atomic E-state index is 8.88. The third kappa shape index (κ3) is 2.72.